The number of nitrogen functional groups attached to an aromatic ring is 1. The molecule has 0 spiro atoms. The summed E-state index contributed by atoms with van der Waals surface area (Å²) in [6.07, 6.45) is 1.68. The van der Waals surface area contributed by atoms with Crippen LogP contribution in [0.5, 0.6) is 0 Å². The number of sulfonamides is 1. The Kier molecular flexibility index (Phi) is 4.80. The van der Waals surface area contributed by atoms with E-state index in [9.17, 15) is 8.42 Å². The van der Waals surface area contributed by atoms with E-state index in [2.05, 4.69) is 20.7 Å². The molecule has 0 atom stereocenters. The van der Waals surface area contributed by atoms with Crippen LogP contribution in [0.4, 0.5) is 5.69 Å². The van der Waals surface area contributed by atoms with E-state index in [-0.39, 0.29) is 4.90 Å². The molecule has 0 aromatic heterocycles. The van der Waals surface area contributed by atoms with E-state index in [1.807, 2.05) is 20.8 Å². The largest absolute Gasteiger partial charge is 0.399 e. The summed E-state index contributed by atoms with van der Waals surface area (Å²) in [5.41, 5.74) is 5.58. The molecule has 0 aliphatic carbocycles. The summed E-state index contributed by atoms with van der Waals surface area (Å²) in [5.74, 6) is 0. The zero-order valence-corrected chi connectivity index (χ0v) is 13.2. The minimum Gasteiger partial charge on any atom is -0.399 e. The summed E-state index contributed by atoms with van der Waals surface area (Å²) in [4.78, 5) is 0.173. The first-order valence-corrected chi connectivity index (χ1v) is 8.04. The second-order valence-electron chi connectivity index (χ2n) is 4.93. The third-order valence-electron chi connectivity index (χ3n) is 2.53. The van der Waals surface area contributed by atoms with Crippen LogP contribution in [-0.2, 0) is 10.0 Å². The normalized spacial score (nSPS) is 12.7. The van der Waals surface area contributed by atoms with E-state index in [1.54, 1.807) is 12.1 Å². The van der Waals surface area contributed by atoms with Crippen LogP contribution in [0.2, 0.25) is 0 Å². The molecule has 1 aromatic rings. The molecule has 0 fully saturated rings. The van der Waals surface area contributed by atoms with Crippen molar-refractivity contribution in [3.63, 3.8) is 0 Å². The van der Waals surface area contributed by atoms with Gasteiger partial charge in [0.05, 0.1) is 4.90 Å². The fourth-order valence-corrected chi connectivity index (χ4v) is 4.26. The maximum absolute atomic E-state index is 12.3. The quantitative estimate of drug-likeness (QED) is 0.813. The first-order valence-electron chi connectivity index (χ1n) is 5.77. The van der Waals surface area contributed by atoms with Crippen molar-refractivity contribution >= 4 is 31.6 Å². The Morgan fingerprint density at radius 1 is 1.39 bits per heavy atom. The Morgan fingerprint density at radius 3 is 2.56 bits per heavy atom. The highest BCUT2D eigenvalue weighted by Gasteiger charge is 2.26. The average molecular weight is 335 g/mol. The van der Waals surface area contributed by atoms with Gasteiger partial charge in [0, 0.05) is 15.7 Å². The summed E-state index contributed by atoms with van der Waals surface area (Å²) in [6, 6.07) is 4.74. The highest BCUT2D eigenvalue weighted by Crippen LogP contribution is 2.26. The Labute approximate surface area is 117 Å². The van der Waals surface area contributed by atoms with Crippen LogP contribution in [0.25, 0.3) is 0 Å². The molecule has 0 aliphatic heterocycles. The number of nitrogens with one attached hydrogen (secondary N) is 1. The number of benzene rings is 1. The third-order valence-corrected chi connectivity index (χ3v) is 5.22. The van der Waals surface area contributed by atoms with Crippen molar-refractivity contribution < 1.29 is 8.42 Å². The van der Waals surface area contributed by atoms with Crippen molar-refractivity contribution in [1.29, 1.82) is 0 Å². The maximum atomic E-state index is 12.3. The van der Waals surface area contributed by atoms with Crippen LogP contribution in [0, 0.1) is 0 Å². The van der Waals surface area contributed by atoms with E-state index in [1.165, 1.54) is 6.07 Å². The number of rotatable bonds is 5. The molecule has 6 heteroatoms. The summed E-state index contributed by atoms with van der Waals surface area (Å²) < 4.78 is 27.8. The molecule has 0 saturated heterocycles. The smallest absolute Gasteiger partial charge is 0.242 e. The van der Waals surface area contributed by atoms with Crippen LogP contribution in [0.1, 0.15) is 33.6 Å². The lowest BCUT2D eigenvalue weighted by Crippen LogP contribution is -2.43. The van der Waals surface area contributed by atoms with E-state index >= 15 is 0 Å². The zero-order chi connectivity index (χ0) is 14.0. The summed E-state index contributed by atoms with van der Waals surface area (Å²) >= 11 is 3.24. The van der Waals surface area contributed by atoms with Crippen LogP contribution < -0.4 is 10.5 Å². The number of hydrogen-bond acceptors (Lipinski definition) is 3. The van der Waals surface area contributed by atoms with Crippen molar-refractivity contribution in [3.05, 3.63) is 22.7 Å². The molecule has 0 saturated carbocycles. The summed E-state index contributed by atoms with van der Waals surface area (Å²) in [5, 5.41) is 0. The van der Waals surface area contributed by atoms with Gasteiger partial charge in [0.15, 0.2) is 0 Å². The molecular formula is C12H19BrN2O2S. The predicted octanol–water partition coefficient (Wildman–Crippen LogP) is 2.89. The molecule has 102 valence electrons. The van der Waals surface area contributed by atoms with Crippen LogP contribution in [0.3, 0.4) is 0 Å². The van der Waals surface area contributed by atoms with E-state index in [0.717, 1.165) is 12.8 Å². The molecule has 0 bridgehead atoms. The first-order chi connectivity index (χ1) is 8.18. The number of nitrogens with two attached hydrogens (primary N) is 1. The van der Waals surface area contributed by atoms with E-state index < -0.39 is 15.6 Å². The van der Waals surface area contributed by atoms with Gasteiger partial charge in [0.25, 0.3) is 0 Å². The van der Waals surface area contributed by atoms with Gasteiger partial charge < -0.3 is 5.73 Å². The molecule has 3 N–H and O–H groups in total. The van der Waals surface area contributed by atoms with Gasteiger partial charge in [0.2, 0.25) is 10.0 Å². The Morgan fingerprint density at radius 2 is 2.00 bits per heavy atom. The van der Waals surface area contributed by atoms with Crippen molar-refractivity contribution in [2.45, 2.75) is 44.0 Å². The molecule has 1 aromatic carbocycles. The number of halogens is 1. The molecule has 4 nitrogen and oxygen atoms in total. The van der Waals surface area contributed by atoms with Gasteiger partial charge in [-0.15, -0.1) is 0 Å². The molecule has 0 unspecified atom stereocenters. The monoisotopic (exact) mass is 334 g/mol. The third kappa shape index (κ3) is 3.96. The summed E-state index contributed by atoms with van der Waals surface area (Å²) in [7, 11) is -3.57. The highest BCUT2D eigenvalue weighted by molar-refractivity contribution is 9.10. The van der Waals surface area contributed by atoms with Gasteiger partial charge >= 0.3 is 0 Å². The molecule has 1 rings (SSSR count). The molecule has 18 heavy (non-hydrogen) atoms. The maximum Gasteiger partial charge on any atom is 0.242 e. The van der Waals surface area contributed by atoms with Crippen molar-refractivity contribution in [2.75, 3.05) is 5.73 Å². The molecule has 0 aliphatic rings. The molecule has 0 radical (unpaired) electrons. The number of hydrogen-bond donors (Lipinski definition) is 2. The number of anilines is 1. The minimum atomic E-state index is -3.57. The Bertz CT molecular complexity index is 527. The Hall–Kier alpha value is -0.590. The second kappa shape index (κ2) is 5.59. The lowest BCUT2D eigenvalue weighted by molar-refractivity contribution is 0.417. The summed E-state index contributed by atoms with van der Waals surface area (Å²) in [6.45, 7) is 5.76. The van der Waals surface area contributed by atoms with Gasteiger partial charge in [-0.2, -0.15) is 0 Å². The van der Waals surface area contributed by atoms with Gasteiger partial charge in [-0.1, -0.05) is 13.3 Å². The van der Waals surface area contributed by atoms with E-state index in [0.29, 0.717) is 10.2 Å². The van der Waals surface area contributed by atoms with Crippen LogP contribution in [0.15, 0.2) is 27.6 Å². The van der Waals surface area contributed by atoms with Crippen LogP contribution in [-0.4, -0.2) is 14.0 Å². The van der Waals surface area contributed by atoms with E-state index in [4.69, 9.17) is 5.73 Å². The standard InChI is InChI=1S/C12H19BrN2O2S/c1-4-7-12(2,3)15-18(16,17)11-8-9(14)5-6-10(11)13/h5-6,8,15H,4,7,14H2,1-3H3. The fraction of sp³-hybridized carbons (Fsp3) is 0.500. The average Bonchev–Trinajstić information content (AvgIpc) is 2.19. The minimum absolute atomic E-state index is 0.173. The van der Waals surface area contributed by atoms with Crippen molar-refractivity contribution in [3.8, 4) is 0 Å². The first kappa shape index (κ1) is 15.5. The molecule has 0 amide bonds. The lowest BCUT2D eigenvalue weighted by atomic mass is 10.0. The zero-order valence-electron chi connectivity index (χ0n) is 10.8. The van der Waals surface area contributed by atoms with Gasteiger partial charge in [-0.25, -0.2) is 13.1 Å². The van der Waals surface area contributed by atoms with Gasteiger partial charge in [-0.05, 0) is 54.4 Å². The van der Waals surface area contributed by atoms with Gasteiger partial charge in [0.1, 0.15) is 0 Å². The van der Waals surface area contributed by atoms with Crippen LogP contribution >= 0.6 is 15.9 Å². The SMILES string of the molecule is CCCC(C)(C)NS(=O)(=O)c1cc(N)ccc1Br. The van der Waals surface area contributed by atoms with Crippen molar-refractivity contribution in [2.24, 2.45) is 0 Å². The van der Waals surface area contributed by atoms with Gasteiger partial charge in [-0.3, -0.25) is 0 Å². The fourth-order valence-electron chi connectivity index (χ4n) is 1.82. The lowest BCUT2D eigenvalue weighted by Gasteiger charge is -2.25. The highest BCUT2D eigenvalue weighted by atomic mass is 79.9. The Balaban J connectivity index is 3.11. The topological polar surface area (TPSA) is 72.2 Å². The molecular weight excluding hydrogens is 316 g/mol. The second-order valence-corrected chi connectivity index (χ2v) is 7.43. The van der Waals surface area contributed by atoms with Crippen molar-refractivity contribution in [1.82, 2.24) is 4.72 Å². The molecule has 0 heterocycles. The predicted molar refractivity (Wildman–Crippen MR) is 77.9 cm³/mol.